The Labute approximate surface area is 54.4 Å². The van der Waals surface area contributed by atoms with Crippen molar-refractivity contribution in [1.82, 2.24) is 0 Å². The van der Waals surface area contributed by atoms with E-state index >= 15 is 0 Å². The molecule has 3 fully saturated rings. The van der Waals surface area contributed by atoms with Gasteiger partial charge in [-0.05, 0) is 30.1 Å². The Bertz CT molecular complexity index is 175. The van der Waals surface area contributed by atoms with Crippen LogP contribution in [0.25, 0.3) is 0 Å². The van der Waals surface area contributed by atoms with Gasteiger partial charge in [-0.25, -0.2) is 0 Å². The zero-order valence-corrected chi connectivity index (χ0v) is 5.34. The van der Waals surface area contributed by atoms with Crippen LogP contribution in [0.2, 0.25) is 0 Å². The molecule has 3 saturated carbocycles. The van der Waals surface area contributed by atoms with Gasteiger partial charge in [-0.2, -0.15) is 0 Å². The fraction of sp³-hybridized carbons (Fsp3) is 0.875. The fourth-order valence-electron chi connectivity index (χ4n) is 2.96. The molecule has 1 heteroatoms. The first-order chi connectivity index (χ1) is 4.36. The zero-order valence-electron chi connectivity index (χ0n) is 5.34. The van der Waals surface area contributed by atoms with E-state index in [1.165, 1.54) is 6.42 Å². The molecule has 0 aromatic rings. The molecule has 0 spiro atoms. The van der Waals surface area contributed by atoms with Crippen LogP contribution < -0.4 is 0 Å². The Morgan fingerprint density at radius 2 is 2.11 bits per heavy atom. The number of rotatable bonds is 0. The molecule has 0 N–H and O–H groups in total. The molecule has 0 heterocycles. The highest BCUT2D eigenvalue weighted by Gasteiger charge is 2.65. The number of hydrogen-bond acceptors (Lipinski definition) is 1. The summed E-state index contributed by atoms with van der Waals surface area (Å²) >= 11 is 0. The maximum absolute atomic E-state index is 10.9. The first-order valence-corrected chi connectivity index (χ1v) is 3.88. The molecule has 0 bridgehead atoms. The molecule has 0 amide bonds. The van der Waals surface area contributed by atoms with Crippen LogP contribution in [0.1, 0.15) is 19.3 Å². The molecule has 48 valence electrons. The van der Waals surface area contributed by atoms with E-state index in [1.54, 1.807) is 0 Å². The lowest BCUT2D eigenvalue weighted by Crippen LogP contribution is -2.21. The van der Waals surface area contributed by atoms with Gasteiger partial charge in [0.05, 0.1) is 0 Å². The normalized spacial score (nSPS) is 60.2. The van der Waals surface area contributed by atoms with Crippen molar-refractivity contribution in [2.24, 2.45) is 23.7 Å². The van der Waals surface area contributed by atoms with E-state index in [0.717, 1.165) is 36.5 Å². The van der Waals surface area contributed by atoms with Crippen molar-refractivity contribution < 1.29 is 4.79 Å². The predicted octanol–water partition coefficient (Wildman–Crippen LogP) is 1.23. The lowest BCUT2D eigenvalue weighted by Gasteiger charge is -2.24. The minimum absolute atomic E-state index is 0.543. The summed E-state index contributed by atoms with van der Waals surface area (Å²) in [4.78, 5) is 10.9. The van der Waals surface area contributed by atoms with Gasteiger partial charge in [0.25, 0.3) is 0 Å². The Morgan fingerprint density at radius 1 is 1.22 bits per heavy atom. The Balaban J connectivity index is 1.93. The van der Waals surface area contributed by atoms with E-state index in [0.29, 0.717) is 5.78 Å². The van der Waals surface area contributed by atoms with Gasteiger partial charge in [0.1, 0.15) is 5.78 Å². The lowest BCUT2D eigenvalue weighted by molar-refractivity contribution is -0.121. The number of fused-ring (bicyclic) bond motifs is 1. The highest BCUT2D eigenvalue weighted by molar-refractivity contribution is 5.81. The van der Waals surface area contributed by atoms with E-state index in [9.17, 15) is 4.79 Å². The van der Waals surface area contributed by atoms with Crippen LogP contribution in [-0.4, -0.2) is 5.78 Å². The second-order valence-corrected chi connectivity index (χ2v) is 3.85. The van der Waals surface area contributed by atoms with Crippen LogP contribution >= 0.6 is 0 Å². The summed E-state index contributed by atoms with van der Waals surface area (Å²) in [6, 6.07) is 0. The molecule has 9 heavy (non-hydrogen) atoms. The molecule has 0 aromatic carbocycles. The molecule has 3 aliphatic rings. The number of carbonyl (C=O) groups excluding carboxylic acids is 1. The molecule has 0 aromatic heterocycles. The zero-order chi connectivity index (χ0) is 6.01. The Hall–Kier alpha value is -0.330. The molecule has 4 unspecified atom stereocenters. The summed E-state index contributed by atoms with van der Waals surface area (Å²) in [7, 11) is 0. The van der Waals surface area contributed by atoms with Crippen LogP contribution in [0.5, 0.6) is 0 Å². The molecule has 4 atom stereocenters. The SMILES string of the molecule is O=C1CC2CC3C(C1)C23. The number of carbonyl (C=O) groups is 1. The van der Waals surface area contributed by atoms with Crippen molar-refractivity contribution in [1.29, 1.82) is 0 Å². The minimum Gasteiger partial charge on any atom is -0.300 e. The van der Waals surface area contributed by atoms with Crippen LogP contribution in [0.4, 0.5) is 0 Å². The molecular weight excluding hydrogens is 112 g/mol. The van der Waals surface area contributed by atoms with E-state index in [2.05, 4.69) is 0 Å². The first-order valence-electron chi connectivity index (χ1n) is 3.88. The average molecular weight is 122 g/mol. The van der Waals surface area contributed by atoms with Crippen molar-refractivity contribution in [3.63, 3.8) is 0 Å². The molecule has 0 saturated heterocycles. The van der Waals surface area contributed by atoms with E-state index in [-0.39, 0.29) is 0 Å². The van der Waals surface area contributed by atoms with Crippen LogP contribution in [0, 0.1) is 23.7 Å². The third kappa shape index (κ3) is 0.374. The summed E-state index contributed by atoms with van der Waals surface area (Å²) in [5.41, 5.74) is 0. The molecule has 1 nitrogen and oxygen atoms in total. The Morgan fingerprint density at radius 3 is 2.89 bits per heavy atom. The second kappa shape index (κ2) is 1.09. The molecule has 3 rings (SSSR count). The van der Waals surface area contributed by atoms with Gasteiger partial charge < -0.3 is 0 Å². The smallest absolute Gasteiger partial charge is 0.133 e. The topological polar surface area (TPSA) is 17.1 Å². The lowest BCUT2D eigenvalue weighted by atomic mass is 9.80. The van der Waals surface area contributed by atoms with Gasteiger partial charge in [0, 0.05) is 12.8 Å². The highest BCUT2D eigenvalue weighted by atomic mass is 16.1. The molecule has 0 aliphatic heterocycles. The molecule has 0 radical (unpaired) electrons. The maximum atomic E-state index is 10.9. The van der Waals surface area contributed by atoms with Crippen molar-refractivity contribution in [3.8, 4) is 0 Å². The van der Waals surface area contributed by atoms with Crippen molar-refractivity contribution >= 4 is 5.78 Å². The largest absolute Gasteiger partial charge is 0.300 e. The first kappa shape index (κ1) is 4.48. The fourth-order valence-corrected chi connectivity index (χ4v) is 2.96. The quantitative estimate of drug-likeness (QED) is 0.472. The number of hydrogen-bond donors (Lipinski definition) is 0. The summed E-state index contributed by atoms with van der Waals surface area (Å²) in [6.45, 7) is 0. The summed E-state index contributed by atoms with van der Waals surface area (Å²) in [5, 5.41) is 0. The van der Waals surface area contributed by atoms with Gasteiger partial charge in [0.15, 0.2) is 0 Å². The minimum atomic E-state index is 0.543. The van der Waals surface area contributed by atoms with Crippen LogP contribution in [0.3, 0.4) is 0 Å². The van der Waals surface area contributed by atoms with E-state index in [4.69, 9.17) is 0 Å². The summed E-state index contributed by atoms with van der Waals surface area (Å²) in [5.74, 6) is 4.31. The number of ketones is 1. The summed E-state index contributed by atoms with van der Waals surface area (Å²) in [6.07, 6.45) is 3.25. The van der Waals surface area contributed by atoms with Gasteiger partial charge in [-0.1, -0.05) is 0 Å². The van der Waals surface area contributed by atoms with E-state index < -0.39 is 0 Å². The second-order valence-electron chi connectivity index (χ2n) is 3.85. The predicted molar refractivity (Wildman–Crippen MR) is 32.8 cm³/mol. The van der Waals surface area contributed by atoms with Gasteiger partial charge in [-0.3, -0.25) is 4.79 Å². The van der Waals surface area contributed by atoms with E-state index in [1.807, 2.05) is 0 Å². The monoisotopic (exact) mass is 122 g/mol. The third-order valence-corrected chi connectivity index (χ3v) is 3.47. The third-order valence-electron chi connectivity index (χ3n) is 3.47. The van der Waals surface area contributed by atoms with Gasteiger partial charge >= 0.3 is 0 Å². The van der Waals surface area contributed by atoms with Gasteiger partial charge in [0.2, 0.25) is 0 Å². The van der Waals surface area contributed by atoms with Crippen molar-refractivity contribution in [3.05, 3.63) is 0 Å². The maximum Gasteiger partial charge on any atom is 0.133 e. The van der Waals surface area contributed by atoms with Crippen molar-refractivity contribution in [2.45, 2.75) is 19.3 Å². The number of Topliss-reactive ketones (excluding diaryl/α,β-unsaturated/α-hetero) is 1. The van der Waals surface area contributed by atoms with Crippen LogP contribution in [0.15, 0.2) is 0 Å². The van der Waals surface area contributed by atoms with Gasteiger partial charge in [-0.15, -0.1) is 0 Å². The Kier molecular flexibility index (Phi) is 0.544. The van der Waals surface area contributed by atoms with Crippen LogP contribution in [-0.2, 0) is 4.79 Å². The van der Waals surface area contributed by atoms with Crippen molar-refractivity contribution in [2.75, 3.05) is 0 Å². The average Bonchev–Trinajstić information content (AvgIpc) is 2.33. The summed E-state index contributed by atoms with van der Waals surface area (Å²) < 4.78 is 0. The standard InChI is InChI=1S/C8H10O/c9-5-1-4-2-6-7(3-5)8(4)6/h4,6-8H,1-3H2. The molecular formula is C8H10O. The molecule has 3 aliphatic carbocycles. The highest BCUT2D eigenvalue weighted by Crippen LogP contribution is 2.69.